The molecule has 3 nitrogen and oxygen atoms in total. The van der Waals surface area contributed by atoms with Crippen LogP contribution in [0.25, 0.3) is 10.9 Å². The minimum absolute atomic E-state index is 0.0685. The van der Waals surface area contributed by atoms with Crippen molar-refractivity contribution >= 4 is 16.8 Å². The lowest BCUT2D eigenvalue weighted by atomic mass is 9.85. The van der Waals surface area contributed by atoms with Gasteiger partial charge in [-0.2, -0.15) is 0 Å². The van der Waals surface area contributed by atoms with E-state index in [4.69, 9.17) is 4.98 Å². The van der Waals surface area contributed by atoms with Gasteiger partial charge < -0.3 is 5.32 Å². The van der Waals surface area contributed by atoms with E-state index in [9.17, 15) is 4.79 Å². The molecule has 0 radical (unpaired) electrons. The molecule has 1 amide bonds. The summed E-state index contributed by atoms with van der Waals surface area (Å²) in [4.78, 5) is 17.9. The van der Waals surface area contributed by atoms with Crippen LogP contribution in [0, 0.1) is 19.8 Å². The van der Waals surface area contributed by atoms with Crippen molar-refractivity contribution in [1.29, 1.82) is 0 Å². The fraction of sp³-hybridized carbons (Fsp3) is 0.524. The van der Waals surface area contributed by atoms with Crippen LogP contribution in [0.5, 0.6) is 0 Å². The van der Waals surface area contributed by atoms with Gasteiger partial charge in [0, 0.05) is 17.1 Å². The minimum atomic E-state index is 0.0685. The van der Waals surface area contributed by atoms with Gasteiger partial charge in [-0.05, 0) is 56.7 Å². The number of rotatable bonds is 3. The van der Waals surface area contributed by atoms with Gasteiger partial charge in [-0.1, -0.05) is 38.3 Å². The van der Waals surface area contributed by atoms with Crippen molar-refractivity contribution in [2.24, 2.45) is 5.92 Å². The summed E-state index contributed by atoms with van der Waals surface area (Å²) in [5.41, 5.74) is 4.95. The lowest BCUT2D eigenvalue weighted by Gasteiger charge is -2.30. The molecule has 1 saturated carbocycles. The Balaban J connectivity index is 2.04. The summed E-state index contributed by atoms with van der Waals surface area (Å²) in [6, 6.07) is 6.48. The molecule has 0 bridgehead atoms. The van der Waals surface area contributed by atoms with E-state index < -0.39 is 0 Å². The van der Waals surface area contributed by atoms with E-state index in [0.29, 0.717) is 12.0 Å². The molecular formula is C21H28N2O. The number of fused-ring (bicyclic) bond motifs is 1. The molecule has 1 fully saturated rings. The Morgan fingerprint density at radius 1 is 1.25 bits per heavy atom. The summed E-state index contributed by atoms with van der Waals surface area (Å²) in [5.74, 6) is 0.627. The zero-order chi connectivity index (χ0) is 17.3. The van der Waals surface area contributed by atoms with Crippen LogP contribution in [0.15, 0.2) is 18.2 Å². The molecular weight excluding hydrogens is 296 g/mol. The number of aryl methyl sites for hydroxylation is 2. The molecule has 0 aliphatic heterocycles. The monoisotopic (exact) mass is 324 g/mol. The second kappa shape index (κ2) is 6.92. The Bertz CT molecular complexity index is 766. The average Bonchev–Trinajstić information content (AvgIpc) is 2.56. The number of pyridine rings is 1. The third kappa shape index (κ3) is 3.17. The number of nitrogens with zero attached hydrogens (tertiary/aromatic N) is 1. The standard InChI is InChI=1S/C21H28N2O/c1-5-17-15(4)20(16-12-13(2)10-11-19(16)22-17)21(24)23-18-9-7-6-8-14(18)3/h10-12,14,18H,5-9H2,1-4H3,(H,23,24)/t14-,18+/m0/s1. The Morgan fingerprint density at radius 3 is 2.71 bits per heavy atom. The van der Waals surface area contributed by atoms with E-state index in [1.165, 1.54) is 19.3 Å². The fourth-order valence-electron chi connectivity index (χ4n) is 3.93. The maximum atomic E-state index is 13.1. The van der Waals surface area contributed by atoms with Crippen LogP contribution in [-0.4, -0.2) is 16.9 Å². The molecule has 3 heteroatoms. The van der Waals surface area contributed by atoms with Crippen LogP contribution in [0.2, 0.25) is 0 Å². The average molecular weight is 324 g/mol. The van der Waals surface area contributed by atoms with Crippen LogP contribution in [0.4, 0.5) is 0 Å². The third-order valence-electron chi connectivity index (χ3n) is 5.47. The molecule has 1 N–H and O–H groups in total. The fourth-order valence-corrected chi connectivity index (χ4v) is 3.93. The lowest BCUT2D eigenvalue weighted by molar-refractivity contribution is 0.0911. The number of hydrogen-bond donors (Lipinski definition) is 1. The summed E-state index contributed by atoms with van der Waals surface area (Å²) in [5, 5.41) is 4.30. The van der Waals surface area contributed by atoms with Crippen molar-refractivity contribution in [1.82, 2.24) is 10.3 Å². The highest BCUT2D eigenvalue weighted by Crippen LogP contribution is 2.27. The first-order valence-corrected chi connectivity index (χ1v) is 9.22. The van der Waals surface area contributed by atoms with Gasteiger partial charge in [0.1, 0.15) is 0 Å². The second-order valence-electron chi connectivity index (χ2n) is 7.27. The van der Waals surface area contributed by atoms with Crippen LogP contribution in [-0.2, 0) is 6.42 Å². The van der Waals surface area contributed by atoms with Gasteiger partial charge in [0.25, 0.3) is 5.91 Å². The van der Waals surface area contributed by atoms with Crippen molar-refractivity contribution in [2.45, 2.75) is 65.8 Å². The van der Waals surface area contributed by atoms with Crippen LogP contribution < -0.4 is 5.32 Å². The number of carbonyl (C=O) groups is 1. The molecule has 2 aromatic rings. The Kier molecular flexibility index (Phi) is 4.88. The zero-order valence-electron chi connectivity index (χ0n) is 15.3. The molecule has 128 valence electrons. The van der Waals surface area contributed by atoms with E-state index >= 15 is 0 Å². The Morgan fingerprint density at radius 2 is 2.00 bits per heavy atom. The van der Waals surface area contributed by atoms with Crippen LogP contribution >= 0.6 is 0 Å². The highest BCUT2D eigenvalue weighted by atomic mass is 16.1. The van der Waals surface area contributed by atoms with Gasteiger partial charge >= 0.3 is 0 Å². The van der Waals surface area contributed by atoms with Crippen LogP contribution in [0.3, 0.4) is 0 Å². The number of carbonyl (C=O) groups excluding carboxylic acids is 1. The maximum absolute atomic E-state index is 13.1. The van der Waals surface area contributed by atoms with Gasteiger partial charge in [0.15, 0.2) is 0 Å². The molecule has 0 spiro atoms. The SMILES string of the molecule is CCc1nc2ccc(C)cc2c(C(=O)N[C@@H]2CCCC[C@@H]2C)c1C. The summed E-state index contributed by atoms with van der Waals surface area (Å²) in [7, 11) is 0. The van der Waals surface area contributed by atoms with E-state index in [1.54, 1.807) is 0 Å². The highest BCUT2D eigenvalue weighted by Gasteiger charge is 2.25. The topological polar surface area (TPSA) is 42.0 Å². The predicted octanol–water partition coefficient (Wildman–Crippen LogP) is 4.72. The lowest BCUT2D eigenvalue weighted by Crippen LogP contribution is -2.41. The summed E-state index contributed by atoms with van der Waals surface area (Å²) in [6.07, 6.45) is 5.64. The van der Waals surface area contributed by atoms with Crippen molar-refractivity contribution in [3.63, 3.8) is 0 Å². The van der Waals surface area contributed by atoms with E-state index in [2.05, 4.69) is 38.2 Å². The first-order chi connectivity index (χ1) is 11.5. The molecule has 0 saturated heterocycles. The number of aromatic nitrogens is 1. The minimum Gasteiger partial charge on any atom is -0.349 e. The third-order valence-corrected chi connectivity index (χ3v) is 5.47. The number of benzene rings is 1. The van der Waals surface area contributed by atoms with Crippen LogP contribution in [0.1, 0.15) is 66.7 Å². The first kappa shape index (κ1) is 16.9. The summed E-state index contributed by atoms with van der Waals surface area (Å²) < 4.78 is 0. The number of hydrogen-bond acceptors (Lipinski definition) is 2. The first-order valence-electron chi connectivity index (χ1n) is 9.22. The normalized spacial score (nSPS) is 21.0. The molecule has 1 aromatic heterocycles. The molecule has 2 atom stereocenters. The maximum Gasteiger partial charge on any atom is 0.252 e. The van der Waals surface area contributed by atoms with Crippen molar-refractivity contribution < 1.29 is 4.79 Å². The van der Waals surface area contributed by atoms with Crippen molar-refractivity contribution in [2.75, 3.05) is 0 Å². The van der Waals surface area contributed by atoms with Gasteiger partial charge in [-0.15, -0.1) is 0 Å². The molecule has 1 aliphatic rings. The molecule has 1 aromatic carbocycles. The molecule has 24 heavy (non-hydrogen) atoms. The number of amides is 1. The van der Waals surface area contributed by atoms with Gasteiger partial charge in [-0.25, -0.2) is 0 Å². The van der Waals surface area contributed by atoms with Gasteiger partial charge in [-0.3, -0.25) is 9.78 Å². The zero-order valence-corrected chi connectivity index (χ0v) is 15.3. The highest BCUT2D eigenvalue weighted by molar-refractivity contribution is 6.07. The Hall–Kier alpha value is -1.90. The van der Waals surface area contributed by atoms with Gasteiger partial charge in [0.05, 0.1) is 11.1 Å². The molecule has 1 heterocycles. The predicted molar refractivity (Wildman–Crippen MR) is 99.5 cm³/mol. The Labute approximate surface area is 144 Å². The summed E-state index contributed by atoms with van der Waals surface area (Å²) in [6.45, 7) is 8.45. The van der Waals surface area contributed by atoms with Crippen molar-refractivity contribution in [3.8, 4) is 0 Å². The number of nitrogens with one attached hydrogen (secondary N) is 1. The molecule has 1 aliphatic carbocycles. The second-order valence-corrected chi connectivity index (χ2v) is 7.27. The molecule has 0 unspecified atom stereocenters. The molecule has 3 rings (SSSR count). The summed E-state index contributed by atoms with van der Waals surface area (Å²) >= 11 is 0. The smallest absolute Gasteiger partial charge is 0.252 e. The van der Waals surface area contributed by atoms with Gasteiger partial charge in [0.2, 0.25) is 0 Å². The van der Waals surface area contributed by atoms with E-state index in [0.717, 1.165) is 46.1 Å². The van der Waals surface area contributed by atoms with E-state index in [1.807, 2.05) is 13.0 Å². The van der Waals surface area contributed by atoms with Crippen molar-refractivity contribution in [3.05, 3.63) is 40.6 Å². The quantitative estimate of drug-likeness (QED) is 0.887. The largest absolute Gasteiger partial charge is 0.349 e. The van der Waals surface area contributed by atoms with E-state index in [-0.39, 0.29) is 5.91 Å².